The maximum atomic E-state index is 14.7. The quantitative estimate of drug-likeness (QED) is 0.256. The van der Waals surface area contributed by atoms with E-state index < -0.39 is 35.2 Å². The van der Waals surface area contributed by atoms with Gasteiger partial charge in [-0.15, -0.1) is 8.78 Å². The topological polar surface area (TPSA) is 89.5 Å². The third-order valence-corrected chi connectivity index (χ3v) is 6.53. The molecule has 0 radical (unpaired) electrons. The summed E-state index contributed by atoms with van der Waals surface area (Å²) >= 11 is 0. The lowest BCUT2D eigenvalue weighted by atomic mass is 9.84. The van der Waals surface area contributed by atoms with Crippen LogP contribution in [0, 0.1) is 0 Å². The third-order valence-electron chi connectivity index (χ3n) is 6.53. The van der Waals surface area contributed by atoms with Crippen LogP contribution in [0.5, 0.6) is 23.0 Å². The van der Waals surface area contributed by atoms with Crippen LogP contribution in [0.1, 0.15) is 49.2 Å². The Bertz CT molecular complexity index is 1610. The fourth-order valence-corrected chi connectivity index (χ4v) is 4.88. The molecule has 8 nitrogen and oxygen atoms in total. The standard InChI is InChI=1S/C33H30F2O8/c1-20(36)40-32(15-9-10-16-32)24-18-26-29(42-33(34,35)41-26)27(28(24)30(37)43-31(2,3)4)23-14-13-22(38-5)17-25(23)39-19-21-11-7-6-8-12-21/h6-18H,19H2,1-5H3. The molecule has 10 heteroatoms. The number of benzene rings is 3. The van der Waals surface area contributed by atoms with E-state index in [1.54, 1.807) is 51.1 Å². The van der Waals surface area contributed by atoms with E-state index in [0.717, 1.165) is 5.56 Å². The smallest absolute Gasteiger partial charge is 0.497 e. The summed E-state index contributed by atoms with van der Waals surface area (Å²) in [5, 5.41) is 0. The van der Waals surface area contributed by atoms with Crippen molar-refractivity contribution >= 4 is 11.9 Å². The molecule has 1 heterocycles. The van der Waals surface area contributed by atoms with Gasteiger partial charge in [-0.05, 0) is 56.7 Å². The number of allylic oxidation sites excluding steroid dienone is 2. The first-order chi connectivity index (χ1) is 20.3. The van der Waals surface area contributed by atoms with Gasteiger partial charge in [0.2, 0.25) is 0 Å². The first-order valence-electron chi connectivity index (χ1n) is 13.4. The molecule has 0 atom stereocenters. The van der Waals surface area contributed by atoms with Gasteiger partial charge in [0.05, 0.1) is 12.7 Å². The van der Waals surface area contributed by atoms with Crippen LogP contribution in [0.4, 0.5) is 8.78 Å². The summed E-state index contributed by atoms with van der Waals surface area (Å²) in [4.78, 5) is 26.4. The van der Waals surface area contributed by atoms with E-state index in [1.165, 1.54) is 32.3 Å². The van der Waals surface area contributed by atoms with Crippen molar-refractivity contribution in [2.75, 3.05) is 7.11 Å². The number of alkyl halides is 2. The number of methoxy groups -OCH3 is 1. The van der Waals surface area contributed by atoms with Gasteiger partial charge in [-0.3, -0.25) is 4.79 Å². The van der Waals surface area contributed by atoms with Gasteiger partial charge in [-0.1, -0.05) is 42.5 Å². The number of hydrogen-bond donors (Lipinski definition) is 0. The van der Waals surface area contributed by atoms with Crippen LogP contribution in [0.25, 0.3) is 11.1 Å². The summed E-state index contributed by atoms with van der Waals surface area (Å²) in [5.41, 5.74) is -1.81. The lowest BCUT2D eigenvalue weighted by Crippen LogP contribution is -2.31. The molecule has 1 aliphatic heterocycles. The van der Waals surface area contributed by atoms with E-state index >= 15 is 0 Å². The first-order valence-corrected chi connectivity index (χ1v) is 13.4. The largest absolute Gasteiger partial charge is 0.586 e. The second-order valence-electron chi connectivity index (χ2n) is 10.9. The van der Waals surface area contributed by atoms with Gasteiger partial charge in [0.1, 0.15) is 23.7 Å². The van der Waals surface area contributed by atoms with Crippen molar-refractivity contribution in [1.82, 2.24) is 0 Å². The van der Waals surface area contributed by atoms with Crippen molar-refractivity contribution in [2.24, 2.45) is 0 Å². The predicted octanol–water partition coefficient (Wildman–Crippen LogP) is 7.10. The molecule has 0 spiro atoms. The second-order valence-corrected chi connectivity index (χ2v) is 10.9. The van der Waals surface area contributed by atoms with Crippen molar-refractivity contribution in [1.29, 1.82) is 0 Å². The minimum atomic E-state index is -4.05. The van der Waals surface area contributed by atoms with E-state index in [0.29, 0.717) is 5.75 Å². The second kappa shape index (κ2) is 11.1. The van der Waals surface area contributed by atoms with Gasteiger partial charge in [0.15, 0.2) is 17.1 Å². The number of carbonyl (C=O) groups excluding carboxylic acids is 2. The molecule has 0 fully saturated rings. The summed E-state index contributed by atoms with van der Waals surface area (Å²) in [6.07, 6.45) is 2.24. The van der Waals surface area contributed by atoms with E-state index in [1.807, 2.05) is 30.3 Å². The molecule has 2 aliphatic rings. The monoisotopic (exact) mass is 592 g/mol. The highest BCUT2D eigenvalue weighted by Gasteiger charge is 2.49. The van der Waals surface area contributed by atoms with Crippen molar-refractivity contribution in [3.63, 3.8) is 0 Å². The zero-order chi connectivity index (χ0) is 31.0. The van der Waals surface area contributed by atoms with E-state index in [4.69, 9.17) is 28.4 Å². The van der Waals surface area contributed by atoms with Gasteiger partial charge >= 0.3 is 18.2 Å². The Morgan fingerprint density at radius 1 is 0.953 bits per heavy atom. The molecule has 1 aliphatic carbocycles. The van der Waals surface area contributed by atoms with Crippen LogP contribution in [0.3, 0.4) is 0 Å². The maximum Gasteiger partial charge on any atom is 0.586 e. The van der Waals surface area contributed by atoms with Gasteiger partial charge in [-0.25, -0.2) is 4.79 Å². The highest BCUT2D eigenvalue weighted by molar-refractivity contribution is 6.03. The predicted molar refractivity (Wildman–Crippen MR) is 152 cm³/mol. The Morgan fingerprint density at radius 2 is 1.65 bits per heavy atom. The Morgan fingerprint density at radius 3 is 2.28 bits per heavy atom. The van der Waals surface area contributed by atoms with Crippen molar-refractivity contribution in [3.8, 4) is 34.1 Å². The van der Waals surface area contributed by atoms with Crippen LogP contribution < -0.4 is 18.9 Å². The molecule has 224 valence electrons. The fraction of sp³-hybridized carbons (Fsp3) is 0.273. The van der Waals surface area contributed by atoms with Crippen LogP contribution in [-0.4, -0.2) is 30.9 Å². The number of halogens is 2. The van der Waals surface area contributed by atoms with Crippen LogP contribution in [-0.2, 0) is 26.5 Å². The van der Waals surface area contributed by atoms with Crippen LogP contribution in [0.2, 0.25) is 0 Å². The molecular formula is C33H30F2O8. The van der Waals surface area contributed by atoms with Crippen molar-refractivity contribution < 1.29 is 46.8 Å². The molecule has 0 aromatic heterocycles. The summed E-state index contributed by atoms with van der Waals surface area (Å²) in [6, 6.07) is 15.2. The third kappa shape index (κ3) is 6.18. The van der Waals surface area contributed by atoms with Gasteiger partial charge < -0.3 is 28.4 Å². The minimum absolute atomic E-state index is 0.0295. The van der Waals surface area contributed by atoms with Gasteiger partial charge in [0, 0.05) is 29.7 Å². The summed E-state index contributed by atoms with van der Waals surface area (Å²) in [7, 11) is 1.47. The number of fused-ring (bicyclic) bond motifs is 1. The number of ether oxygens (including phenoxy) is 6. The molecule has 3 aromatic carbocycles. The molecule has 0 amide bonds. The van der Waals surface area contributed by atoms with Crippen molar-refractivity contribution in [3.05, 3.63) is 95.6 Å². The maximum absolute atomic E-state index is 14.7. The van der Waals surface area contributed by atoms with Crippen LogP contribution in [0.15, 0.2) is 78.9 Å². The van der Waals surface area contributed by atoms with Gasteiger partial charge in [0.25, 0.3) is 0 Å². The lowest BCUT2D eigenvalue weighted by Gasteiger charge is -2.30. The Balaban J connectivity index is 1.82. The number of rotatable bonds is 8. The SMILES string of the molecule is COc1ccc(-c2c3c(cc(C4(OC(C)=O)C=CC=C4)c2C(=O)OC(C)(C)C)OC(F)(F)O3)c(OCc2ccccc2)c1. The van der Waals surface area contributed by atoms with Crippen LogP contribution >= 0.6 is 0 Å². The number of hydrogen-bond acceptors (Lipinski definition) is 8. The molecule has 0 unspecified atom stereocenters. The Hall–Kier alpha value is -4.86. The molecule has 0 N–H and O–H groups in total. The van der Waals surface area contributed by atoms with E-state index in [2.05, 4.69) is 0 Å². The number of esters is 2. The molecule has 5 rings (SSSR count). The van der Waals surface area contributed by atoms with Gasteiger partial charge in [-0.2, -0.15) is 0 Å². The lowest BCUT2D eigenvalue weighted by molar-refractivity contribution is -0.286. The highest BCUT2D eigenvalue weighted by Crippen LogP contribution is 2.55. The normalized spacial score (nSPS) is 15.7. The average molecular weight is 593 g/mol. The summed E-state index contributed by atoms with van der Waals surface area (Å²) < 4.78 is 62.4. The van der Waals surface area contributed by atoms with E-state index in [9.17, 15) is 18.4 Å². The van der Waals surface area contributed by atoms with E-state index in [-0.39, 0.29) is 40.4 Å². The molecule has 43 heavy (non-hydrogen) atoms. The minimum Gasteiger partial charge on any atom is -0.497 e. The Labute approximate surface area is 247 Å². The highest BCUT2D eigenvalue weighted by atomic mass is 19.3. The molecule has 0 bridgehead atoms. The fourth-order valence-electron chi connectivity index (χ4n) is 4.88. The zero-order valence-corrected chi connectivity index (χ0v) is 24.2. The first kappa shape index (κ1) is 29.6. The summed E-state index contributed by atoms with van der Waals surface area (Å²) in [5.74, 6) is -1.71. The van der Waals surface area contributed by atoms with Crippen molar-refractivity contribution in [2.45, 2.75) is 51.8 Å². The Kier molecular flexibility index (Phi) is 7.64. The molecule has 3 aromatic rings. The zero-order valence-electron chi connectivity index (χ0n) is 24.2. The number of carbonyl (C=O) groups is 2. The molecular weight excluding hydrogens is 562 g/mol. The summed E-state index contributed by atoms with van der Waals surface area (Å²) in [6.45, 7) is 6.33. The average Bonchev–Trinajstić information content (AvgIpc) is 3.53. The molecule has 0 saturated heterocycles. The molecule has 0 saturated carbocycles.